The molecule has 158 valence electrons. The highest BCUT2D eigenvalue weighted by molar-refractivity contribution is 14.0. The Morgan fingerprint density at radius 3 is 2.30 bits per heavy atom. The van der Waals surface area contributed by atoms with Crippen LogP contribution in [0.1, 0.15) is 59.3 Å². The van der Waals surface area contributed by atoms with Crippen LogP contribution in [-0.2, 0) is 4.79 Å². The van der Waals surface area contributed by atoms with E-state index in [0.717, 1.165) is 31.9 Å². The van der Waals surface area contributed by atoms with Crippen molar-refractivity contribution >= 4 is 35.8 Å². The van der Waals surface area contributed by atoms with Gasteiger partial charge in [0.2, 0.25) is 5.91 Å². The predicted molar refractivity (Wildman–Crippen MR) is 124 cm³/mol. The molecule has 0 aromatic carbocycles. The van der Waals surface area contributed by atoms with Gasteiger partial charge in [0.05, 0.1) is 0 Å². The third-order valence-electron chi connectivity index (χ3n) is 5.91. The second-order valence-corrected chi connectivity index (χ2v) is 8.51. The van der Waals surface area contributed by atoms with E-state index in [1.165, 1.54) is 25.7 Å². The average molecular weight is 493 g/mol. The maximum Gasteiger partial charge on any atom is 0.243 e. The summed E-state index contributed by atoms with van der Waals surface area (Å²) in [4.78, 5) is 20.7. The van der Waals surface area contributed by atoms with E-state index in [-0.39, 0.29) is 36.4 Å². The Labute approximate surface area is 182 Å². The fourth-order valence-electron chi connectivity index (χ4n) is 3.88. The number of aliphatic imine (C=N–C) groups is 1. The van der Waals surface area contributed by atoms with Crippen molar-refractivity contribution in [3.63, 3.8) is 0 Å². The van der Waals surface area contributed by atoms with Crippen LogP contribution in [0, 0.1) is 5.92 Å². The summed E-state index contributed by atoms with van der Waals surface area (Å²) in [5, 5.41) is 7.25. The van der Waals surface area contributed by atoms with Crippen molar-refractivity contribution in [3.05, 3.63) is 0 Å². The van der Waals surface area contributed by atoms with Crippen LogP contribution < -0.4 is 10.6 Å². The second-order valence-electron chi connectivity index (χ2n) is 8.51. The Morgan fingerprint density at radius 2 is 1.74 bits per heavy atom. The van der Waals surface area contributed by atoms with Crippen molar-refractivity contribution in [2.75, 3.05) is 33.7 Å². The van der Waals surface area contributed by atoms with E-state index >= 15 is 0 Å². The third-order valence-corrected chi connectivity index (χ3v) is 5.91. The van der Waals surface area contributed by atoms with Crippen LogP contribution in [0.25, 0.3) is 0 Å². The van der Waals surface area contributed by atoms with Crippen molar-refractivity contribution < 1.29 is 4.79 Å². The molecule has 1 saturated carbocycles. The Bertz CT molecular complexity index is 475. The van der Waals surface area contributed by atoms with Gasteiger partial charge in [-0.3, -0.25) is 4.79 Å². The van der Waals surface area contributed by atoms with E-state index in [9.17, 15) is 4.79 Å². The molecule has 7 heteroatoms. The second kappa shape index (κ2) is 12.1. The lowest BCUT2D eigenvalue weighted by Gasteiger charge is -2.36. The first kappa shape index (κ1) is 24.5. The van der Waals surface area contributed by atoms with Gasteiger partial charge in [0.1, 0.15) is 6.54 Å². The zero-order valence-electron chi connectivity index (χ0n) is 17.8. The summed E-state index contributed by atoms with van der Waals surface area (Å²) in [6.07, 6.45) is 7.32. The molecule has 0 spiro atoms. The molecule has 0 radical (unpaired) electrons. The third kappa shape index (κ3) is 8.13. The lowest BCUT2D eigenvalue weighted by molar-refractivity contribution is -0.127. The first-order chi connectivity index (χ1) is 12.4. The first-order valence-corrected chi connectivity index (χ1v) is 10.4. The minimum atomic E-state index is 0. The number of hydrogen-bond donors (Lipinski definition) is 2. The normalized spacial score (nSPS) is 25.0. The smallest absolute Gasteiger partial charge is 0.243 e. The van der Waals surface area contributed by atoms with Gasteiger partial charge in [0.25, 0.3) is 0 Å². The molecule has 1 saturated heterocycles. The number of rotatable bonds is 5. The summed E-state index contributed by atoms with van der Waals surface area (Å²) in [7, 11) is 3.56. The van der Waals surface area contributed by atoms with Gasteiger partial charge in [0.15, 0.2) is 5.96 Å². The van der Waals surface area contributed by atoms with Gasteiger partial charge < -0.3 is 20.4 Å². The molecular weight excluding hydrogens is 453 g/mol. The van der Waals surface area contributed by atoms with Crippen LogP contribution in [0.4, 0.5) is 0 Å². The molecule has 2 unspecified atom stereocenters. The average Bonchev–Trinajstić information content (AvgIpc) is 2.61. The molecule has 1 aliphatic heterocycles. The zero-order valence-corrected chi connectivity index (χ0v) is 20.2. The Balaban J connectivity index is 0.00000364. The highest BCUT2D eigenvalue weighted by Gasteiger charge is 2.25. The van der Waals surface area contributed by atoms with E-state index in [1.807, 2.05) is 0 Å². The number of likely N-dealkylation sites (tertiary alicyclic amines) is 1. The Morgan fingerprint density at radius 1 is 1.11 bits per heavy atom. The first-order valence-electron chi connectivity index (χ1n) is 10.4. The molecule has 0 bridgehead atoms. The lowest BCUT2D eigenvalue weighted by atomic mass is 9.86. The number of nitrogens with zero attached hydrogens (tertiary/aromatic N) is 3. The highest BCUT2D eigenvalue weighted by Crippen LogP contribution is 2.23. The maximum atomic E-state index is 12.0. The number of amides is 1. The van der Waals surface area contributed by atoms with Gasteiger partial charge in [-0.05, 0) is 45.4 Å². The van der Waals surface area contributed by atoms with E-state index in [2.05, 4.69) is 41.3 Å². The summed E-state index contributed by atoms with van der Waals surface area (Å²) in [6, 6.07) is 1.51. The van der Waals surface area contributed by atoms with Gasteiger partial charge in [-0.25, -0.2) is 4.99 Å². The Hall–Kier alpha value is -0.570. The van der Waals surface area contributed by atoms with Crippen molar-refractivity contribution in [1.29, 1.82) is 0 Å². The van der Waals surface area contributed by atoms with Crippen LogP contribution >= 0.6 is 24.0 Å². The number of carbonyl (C=O) groups excluding carboxylic acids is 1. The molecule has 0 aromatic heterocycles. The number of likely N-dealkylation sites (N-methyl/N-ethyl adjacent to an activating group) is 1. The topological polar surface area (TPSA) is 60.0 Å². The van der Waals surface area contributed by atoms with Crippen LogP contribution in [0.15, 0.2) is 4.99 Å². The monoisotopic (exact) mass is 493 g/mol. The minimum absolute atomic E-state index is 0. The number of nitrogens with one attached hydrogen (secondary N) is 2. The fourth-order valence-corrected chi connectivity index (χ4v) is 3.88. The molecular formula is C20H40IN5O. The van der Waals surface area contributed by atoms with Gasteiger partial charge in [-0.1, -0.05) is 19.8 Å². The summed E-state index contributed by atoms with van der Waals surface area (Å²) in [5.41, 5.74) is 0. The van der Waals surface area contributed by atoms with Crippen LogP contribution in [0.5, 0.6) is 0 Å². The van der Waals surface area contributed by atoms with Crippen LogP contribution in [0.2, 0.25) is 0 Å². The standard InChI is InChI=1S/C20H39N5O.HI/c1-15(2)25-12-10-17(11-13-25)22-20(21-14-19(26)24(4)5)23-18-9-7-6-8-16(18)3;/h15-18H,6-14H2,1-5H3,(H2,21,22,23);1H. The summed E-state index contributed by atoms with van der Waals surface area (Å²) >= 11 is 0. The Kier molecular flexibility index (Phi) is 11.0. The van der Waals surface area contributed by atoms with E-state index in [4.69, 9.17) is 0 Å². The molecule has 1 aliphatic carbocycles. The summed E-state index contributed by atoms with van der Waals surface area (Å²) < 4.78 is 0. The molecule has 0 aromatic rings. The van der Waals surface area contributed by atoms with Gasteiger partial charge in [-0.15, -0.1) is 24.0 Å². The molecule has 2 fully saturated rings. The lowest BCUT2D eigenvalue weighted by Crippen LogP contribution is -2.53. The fraction of sp³-hybridized carbons (Fsp3) is 0.900. The molecule has 2 rings (SSSR count). The van der Waals surface area contributed by atoms with Crippen LogP contribution in [0.3, 0.4) is 0 Å². The van der Waals surface area contributed by atoms with Gasteiger partial charge in [0, 0.05) is 45.3 Å². The highest BCUT2D eigenvalue weighted by atomic mass is 127. The molecule has 6 nitrogen and oxygen atoms in total. The number of piperidine rings is 1. The number of hydrogen-bond acceptors (Lipinski definition) is 3. The van der Waals surface area contributed by atoms with Gasteiger partial charge in [-0.2, -0.15) is 0 Å². The van der Waals surface area contributed by atoms with Gasteiger partial charge >= 0.3 is 0 Å². The predicted octanol–water partition coefficient (Wildman–Crippen LogP) is 2.68. The largest absolute Gasteiger partial charge is 0.354 e. The quantitative estimate of drug-likeness (QED) is 0.351. The molecule has 2 N–H and O–H groups in total. The van der Waals surface area contributed by atoms with E-state index < -0.39 is 0 Å². The molecule has 1 amide bonds. The zero-order chi connectivity index (χ0) is 19.1. The molecule has 27 heavy (non-hydrogen) atoms. The number of halogens is 1. The minimum Gasteiger partial charge on any atom is -0.354 e. The number of carbonyl (C=O) groups is 1. The molecule has 2 atom stereocenters. The summed E-state index contributed by atoms with van der Waals surface area (Å²) in [5.74, 6) is 1.52. The SMILES string of the molecule is CC1CCCCC1NC(=NCC(=O)N(C)C)NC1CCN(C(C)C)CC1.I. The molecule has 2 aliphatic rings. The van der Waals surface area contributed by atoms with E-state index in [0.29, 0.717) is 24.0 Å². The number of guanidine groups is 1. The summed E-state index contributed by atoms with van der Waals surface area (Å²) in [6.45, 7) is 9.30. The van der Waals surface area contributed by atoms with Crippen molar-refractivity contribution in [3.8, 4) is 0 Å². The van der Waals surface area contributed by atoms with Crippen molar-refractivity contribution in [2.24, 2.45) is 10.9 Å². The van der Waals surface area contributed by atoms with Crippen molar-refractivity contribution in [2.45, 2.75) is 77.4 Å². The molecule has 1 heterocycles. The maximum absolute atomic E-state index is 12.0. The van der Waals surface area contributed by atoms with Crippen molar-refractivity contribution in [1.82, 2.24) is 20.4 Å². The van der Waals surface area contributed by atoms with Crippen LogP contribution in [-0.4, -0.2) is 73.5 Å². The van der Waals surface area contributed by atoms with E-state index in [1.54, 1.807) is 19.0 Å².